The molecule has 1 aliphatic heterocycles. The summed E-state index contributed by atoms with van der Waals surface area (Å²) in [4.78, 5) is 18.5. The van der Waals surface area contributed by atoms with Crippen molar-refractivity contribution >= 4 is 35.8 Å². The minimum absolute atomic E-state index is 0. The highest BCUT2D eigenvalue weighted by Crippen LogP contribution is 2.17. The Morgan fingerprint density at radius 3 is 2.44 bits per heavy atom. The maximum atomic E-state index is 12.1. The van der Waals surface area contributed by atoms with Crippen LogP contribution in [0.3, 0.4) is 0 Å². The molecule has 1 unspecified atom stereocenters. The zero-order valence-electron chi connectivity index (χ0n) is 15.3. The molecule has 140 valence electrons. The molecule has 1 fully saturated rings. The van der Waals surface area contributed by atoms with E-state index in [2.05, 4.69) is 46.8 Å². The summed E-state index contributed by atoms with van der Waals surface area (Å²) in [5.41, 5.74) is 1.33. The van der Waals surface area contributed by atoms with Gasteiger partial charge in [0, 0.05) is 32.1 Å². The number of benzene rings is 1. The summed E-state index contributed by atoms with van der Waals surface area (Å²) in [6, 6.07) is 10.5. The monoisotopic (exact) mass is 458 g/mol. The van der Waals surface area contributed by atoms with Crippen LogP contribution in [0.4, 0.5) is 0 Å². The van der Waals surface area contributed by atoms with E-state index < -0.39 is 0 Å². The Kier molecular flexibility index (Phi) is 10.5. The fraction of sp³-hybridized carbons (Fsp3) is 0.579. The van der Waals surface area contributed by atoms with Crippen molar-refractivity contribution in [1.82, 2.24) is 15.5 Å². The van der Waals surface area contributed by atoms with Gasteiger partial charge >= 0.3 is 0 Å². The predicted octanol–water partition coefficient (Wildman–Crippen LogP) is 2.98. The largest absolute Gasteiger partial charge is 0.357 e. The Bertz CT molecular complexity index is 529. The molecule has 0 aliphatic carbocycles. The van der Waals surface area contributed by atoms with Crippen LogP contribution in [-0.4, -0.2) is 49.5 Å². The number of nitrogens with one attached hydrogen (secondary N) is 2. The van der Waals surface area contributed by atoms with E-state index in [1.807, 2.05) is 17.9 Å². The molecular formula is C19H31IN4O. The summed E-state index contributed by atoms with van der Waals surface area (Å²) in [5, 5.41) is 6.61. The van der Waals surface area contributed by atoms with Gasteiger partial charge in [-0.1, -0.05) is 37.3 Å². The van der Waals surface area contributed by atoms with Crippen molar-refractivity contribution in [2.24, 2.45) is 4.99 Å². The summed E-state index contributed by atoms with van der Waals surface area (Å²) in [5.74, 6) is 1.28. The molecule has 0 aromatic heterocycles. The molecule has 5 nitrogen and oxygen atoms in total. The topological polar surface area (TPSA) is 56.7 Å². The molecule has 1 aliphatic rings. The van der Waals surface area contributed by atoms with Crippen molar-refractivity contribution in [2.45, 2.75) is 39.0 Å². The Labute approximate surface area is 168 Å². The first kappa shape index (κ1) is 21.7. The normalized spacial score (nSPS) is 15.4. The second-order valence-corrected chi connectivity index (χ2v) is 6.18. The number of nitrogens with zero attached hydrogens (tertiary/aromatic N) is 2. The SMILES string of the molecule is CCNC(=NCC(=O)N1CCCC1)NCC(CC)c1ccccc1.I. The number of rotatable bonds is 7. The Morgan fingerprint density at radius 1 is 1.16 bits per heavy atom. The molecule has 2 N–H and O–H groups in total. The van der Waals surface area contributed by atoms with Crippen molar-refractivity contribution in [3.05, 3.63) is 35.9 Å². The first-order valence-corrected chi connectivity index (χ1v) is 9.09. The first-order valence-electron chi connectivity index (χ1n) is 9.09. The maximum absolute atomic E-state index is 12.1. The number of amides is 1. The van der Waals surface area contributed by atoms with Crippen LogP contribution in [0.15, 0.2) is 35.3 Å². The van der Waals surface area contributed by atoms with Crippen LogP contribution in [0, 0.1) is 0 Å². The highest BCUT2D eigenvalue weighted by Gasteiger charge is 2.17. The van der Waals surface area contributed by atoms with Gasteiger partial charge in [-0.05, 0) is 31.7 Å². The molecule has 1 atom stereocenters. The number of carbonyl (C=O) groups excluding carboxylic acids is 1. The van der Waals surface area contributed by atoms with E-state index in [-0.39, 0.29) is 36.4 Å². The van der Waals surface area contributed by atoms with E-state index in [0.29, 0.717) is 5.92 Å². The molecule has 2 rings (SSSR count). The third-order valence-corrected chi connectivity index (χ3v) is 4.46. The standard InChI is InChI=1S/C19H30N4O.HI/c1-3-16(17-10-6-5-7-11-17)14-21-19(20-4-2)22-15-18(24)23-12-8-9-13-23;/h5-7,10-11,16H,3-4,8-9,12-15H2,1-2H3,(H2,20,21,22);1H. The molecule has 6 heteroatoms. The second kappa shape index (κ2) is 12.1. The van der Waals surface area contributed by atoms with E-state index in [9.17, 15) is 4.79 Å². The van der Waals surface area contributed by atoms with Gasteiger partial charge in [-0.3, -0.25) is 4.79 Å². The van der Waals surface area contributed by atoms with Gasteiger partial charge in [0.1, 0.15) is 6.54 Å². The van der Waals surface area contributed by atoms with Gasteiger partial charge in [-0.2, -0.15) is 0 Å². The lowest BCUT2D eigenvalue weighted by molar-refractivity contribution is -0.128. The minimum Gasteiger partial charge on any atom is -0.357 e. The number of aliphatic imine (C=N–C) groups is 1. The number of carbonyl (C=O) groups is 1. The second-order valence-electron chi connectivity index (χ2n) is 6.18. The highest BCUT2D eigenvalue weighted by molar-refractivity contribution is 14.0. The third kappa shape index (κ3) is 7.22. The predicted molar refractivity (Wildman–Crippen MR) is 115 cm³/mol. The molecule has 1 amide bonds. The Hall–Kier alpha value is -1.31. The van der Waals surface area contributed by atoms with Gasteiger partial charge in [0.05, 0.1) is 0 Å². The number of guanidine groups is 1. The van der Waals surface area contributed by atoms with Crippen molar-refractivity contribution < 1.29 is 4.79 Å². The molecule has 1 saturated heterocycles. The smallest absolute Gasteiger partial charge is 0.244 e. The van der Waals surface area contributed by atoms with Crippen LogP contribution in [0.2, 0.25) is 0 Å². The summed E-state index contributed by atoms with van der Waals surface area (Å²) >= 11 is 0. The van der Waals surface area contributed by atoms with Gasteiger partial charge in [0.15, 0.2) is 5.96 Å². The molecule has 25 heavy (non-hydrogen) atoms. The molecular weight excluding hydrogens is 427 g/mol. The molecule has 1 aromatic rings. The van der Waals surface area contributed by atoms with Crippen LogP contribution >= 0.6 is 24.0 Å². The first-order chi connectivity index (χ1) is 11.7. The number of halogens is 1. The zero-order valence-corrected chi connectivity index (χ0v) is 17.7. The maximum Gasteiger partial charge on any atom is 0.244 e. The number of hydrogen-bond acceptors (Lipinski definition) is 2. The van der Waals surface area contributed by atoms with E-state index >= 15 is 0 Å². The van der Waals surface area contributed by atoms with E-state index in [1.54, 1.807) is 0 Å². The molecule has 0 saturated carbocycles. The van der Waals surface area contributed by atoms with Crippen LogP contribution < -0.4 is 10.6 Å². The lowest BCUT2D eigenvalue weighted by Crippen LogP contribution is -2.40. The van der Waals surface area contributed by atoms with Crippen LogP contribution in [0.25, 0.3) is 0 Å². The molecule has 0 bridgehead atoms. The Balaban J connectivity index is 0.00000312. The van der Waals surface area contributed by atoms with Gasteiger partial charge < -0.3 is 15.5 Å². The average Bonchev–Trinajstić information content (AvgIpc) is 3.15. The van der Waals surface area contributed by atoms with Gasteiger partial charge in [0.25, 0.3) is 0 Å². The zero-order chi connectivity index (χ0) is 17.2. The summed E-state index contributed by atoms with van der Waals surface area (Å²) < 4.78 is 0. The van der Waals surface area contributed by atoms with Crippen molar-refractivity contribution in [2.75, 3.05) is 32.7 Å². The summed E-state index contributed by atoms with van der Waals surface area (Å²) in [6.45, 7) is 7.80. The van der Waals surface area contributed by atoms with Gasteiger partial charge in [0.2, 0.25) is 5.91 Å². The molecule has 1 aromatic carbocycles. The molecule has 0 radical (unpaired) electrons. The van der Waals surface area contributed by atoms with Gasteiger partial charge in [-0.15, -0.1) is 24.0 Å². The number of hydrogen-bond donors (Lipinski definition) is 2. The third-order valence-electron chi connectivity index (χ3n) is 4.46. The van der Waals surface area contributed by atoms with Crippen molar-refractivity contribution in [1.29, 1.82) is 0 Å². The quantitative estimate of drug-likeness (QED) is 0.375. The fourth-order valence-corrected chi connectivity index (χ4v) is 3.00. The molecule has 1 heterocycles. The number of likely N-dealkylation sites (tertiary alicyclic amines) is 1. The lowest BCUT2D eigenvalue weighted by Gasteiger charge is -2.19. The average molecular weight is 458 g/mol. The van der Waals surface area contributed by atoms with Crippen molar-refractivity contribution in [3.63, 3.8) is 0 Å². The van der Waals surface area contributed by atoms with E-state index in [1.165, 1.54) is 5.56 Å². The fourth-order valence-electron chi connectivity index (χ4n) is 3.00. The molecule has 0 spiro atoms. The van der Waals surface area contributed by atoms with Crippen molar-refractivity contribution in [3.8, 4) is 0 Å². The Morgan fingerprint density at radius 2 is 1.84 bits per heavy atom. The van der Waals surface area contributed by atoms with Crippen LogP contribution in [0.1, 0.15) is 44.6 Å². The van der Waals surface area contributed by atoms with E-state index in [0.717, 1.165) is 51.4 Å². The van der Waals surface area contributed by atoms with E-state index in [4.69, 9.17) is 0 Å². The van der Waals surface area contributed by atoms with Crippen LogP contribution in [0.5, 0.6) is 0 Å². The van der Waals surface area contributed by atoms with Gasteiger partial charge in [-0.25, -0.2) is 4.99 Å². The summed E-state index contributed by atoms with van der Waals surface area (Å²) in [6.07, 6.45) is 3.29. The summed E-state index contributed by atoms with van der Waals surface area (Å²) in [7, 11) is 0. The van der Waals surface area contributed by atoms with Crippen LogP contribution in [-0.2, 0) is 4.79 Å². The lowest BCUT2D eigenvalue weighted by atomic mass is 9.97. The highest BCUT2D eigenvalue weighted by atomic mass is 127. The minimum atomic E-state index is 0.